The summed E-state index contributed by atoms with van der Waals surface area (Å²) in [5, 5.41) is 10.1. The Kier molecular flexibility index (Phi) is 4.79. The Morgan fingerprint density at radius 2 is 2.00 bits per heavy atom. The van der Waals surface area contributed by atoms with Gasteiger partial charge in [-0.1, -0.05) is 24.4 Å². The first-order valence-corrected chi connectivity index (χ1v) is 7.56. The Morgan fingerprint density at radius 3 is 2.58 bits per heavy atom. The van der Waals surface area contributed by atoms with E-state index in [1.807, 2.05) is 0 Å². The second kappa shape index (κ2) is 6.02. The fourth-order valence-electron chi connectivity index (χ4n) is 2.85. The third-order valence-corrected chi connectivity index (χ3v) is 5.03. The molecule has 1 heterocycles. The van der Waals surface area contributed by atoms with Crippen molar-refractivity contribution in [1.29, 1.82) is 0 Å². The highest BCUT2D eigenvalue weighted by Crippen LogP contribution is 2.43. The van der Waals surface area contributed by atoms with Gasteiger partial charge in [-0.2, -0.15) is 13.2 Å². The lowest BCUT2D eigenvalue weighted by atomic mass is 9.75. The molecule has 0 bridgehead atoms. The maximum Gasteiger partial charge on any atom is 0.392 e. The van der Waals surface area contributed by atoms with E-state index in [1.165, 1.54) is 11.3 Å². The number of aliphatic hydroxyl groups excluding tert-OH is 1. The number of hydrogen-bond donors (Lipinski definition) is 1. The molecule has 1 saturated carbocycles. The van der Waals surface area contributed by atoms with E-state index in [0.29, 0.717) is 17.2 Å². The molecule has 1 aromatic rings. The van der Waals surface area contributed by atoms with Crippen LogP contribution in [0.2, 0.25) is 4.34 Å². The van der Waals surface area contributed by atoms with Gasteiger partial charge >= 0.3 is 6.18 Å². The van der Waals surface area contributed by atoms with Gasteiger partial charge < -0.3 is 5.11 Å². The van der Waals surface area contributed by atoms with Crippen LogP contribution in [0.1, 0.15) is 30.6 Å². The van der Waals surface area contributed by atoms with E-state index >= 15 is 0 Å². The summed E-state index contributed by atoms with van der Waals surface area (Å²) in [5.41, 5.74) is 0. The van der Waals surface area contributed by atoms with E-state index in [2.05, 4.69) is 0 Å². The molecule has 0 radical (unpaired) electrons. The molecule has 1 aliphatic rings. The predicted molar refractivity (Wildman–Crippen MR) is 70.5 cm³/mol. The standard InChI is InChI=1S/C13H16ClF3OS/c14-12-6-5-8(19-12)7-11(18)9-3-1-2-4-10(9)13(15,16)17/h5-6,9-11,18H,1-4,7H2. The molecule has 19 heavy (non-hydrogen) atoms. The van der Waals surface area contributed by atoms with E-state index in [4.69, 9.17) is 11.6 Å². The average molecular weight is 313 g/mol. The Bertz CT molecular complexity index is 418. The number of rotatable bonds is 3. The van der Waals surface area contributed by atoms with Gasteiger partial charge in [-0.15, -0.1) is 11.3 Å². The van der Waals surface area contributed by atoms with E-state index in [-0.39, 0.29) is 12.8 Å². The first-order valence-electron chi connectivity index (χ1n) is 6.37. The van der Waals surface area contributed by atoms with Crippen LogP contribution in [0.3, 0.4) is 0 Å². The van der Waals surface area contributed by atoms with Gasteiger partial charge in [-0.25, -0.2) is 0 Å². The van der Waals surface area contributed by atoms with Crippen molar-refractivity contribution in [3.05, 3.63) is 21.3 Å². The van der Waals surface area contributed by atoms with Gasteiger partial charge in [-0.3, -0.25) is 0 Å². The minimum absolute atomic E-state index is 0.135. The van der Waals surface area contributed by atoms with Crippen molar-refractivity contribution in [2.24, 2.45) is 11.8 Å². The van der Waals surface area contributed by atoms with Gasteiger partial charge in [0.05, 0.1) is 16.4 Å². The predicted octanol–water partition coefficient (Wildman–Crippen LogP) is 4.67. The first kappa shape index (κ1) is 15.1. The fraction of sp³-hybridized carbons (Fsp3) is 0.692. The quantitative estimate of drug-likeness (QED) is 0.859. The minimum Gasteiger partial charge on any atom is -0.392 e. The Morgan fingerprint density at radius 1 is 1.32 bits per heavy atom. The van der Waals surface area contributed by atoms with Gasteiger partial charge in [0, 0.05) is 11.3 Å². The second-order valence-electron chi connectivity index (χ2n) is 5.07. The lowest BCUT2D eigenvalue weighted by Gasteiger charge is -2.35. The molecular weight excluding hydrogens is 297 g/mol. The number of aliphatic hydroxyl groups is 1. The molecule has 0 saturated heterocycles. The third kappa shape index (κ3) is 3.86. The summed E-state index contributed by atoms with van der Waals surface area (Å²) in [5.74, 6) is -2.05. The molecule has 1 aromatic heterocycles. The van der Waals surface area contributed by atoms with Crippen molar-refractivity contribution < 1.29 is 18.3 Å². The lowest BCUT2D eigenvalue weighted by Crippen LogP contribution is -2.40. The van der Waals surface area contributed by atoms with Gasteiger partial charge in [0.1, 0.15) is 0 Å². The minimum atomic E-state index is -4.21. The normalized spacial score (nSPS) is 26.4. The van der Waals surface area contributed by atoms with Crippen molar-refractivity contribution >= 4 is 22.9 Å². The molecule has 1 N–H and O–H groups in total. The number of alkyl halides is 3. The van der Waals surface area contributed by atoms with Crippen LogP contribution in [-0.2, 0) is 6.42 Å². The van der Waals surface area contributed by atoms with Crippen molar-refractivity contribution in [2.45, 2.75) is 44.4 Å². The molecule has 1 fully saturated rings. The molecule has 1 nitrogen and oxygen atoms in total. The summed E-state index contributed by atoms with van der Waals surface area (Å²) in [6, 6.07) is 3.47. The molecule has 0 spiro atoms. The lowest BCUT2D eigenvalue weighted by molar-refractivity contribution is -0.206. The van der Waals surface area contributed by atoms with Gasteiger partial charge in [0.15, 0.2) is 0 Å². The zero-order valence-corrected chi connectivity index (χ0v) is 11.9. The van der Waals surface area contributed by atoms with Crippen LogP contribution in [0.15, 0.2) is 12.1 Å². The summed E-state index contributed by atoms with van der Waals surface area (Å²) in [6.45, 7) is 0. The van der Waals surface area contributed by atoms with Gasteiger partial charge in [-0.05, 0) is 30.9 Å². The van der Waals surface area contributed by atoms with Gasteiger partial charge in [0.25, 0.3) is 0 Å². The topological polar surface area (TPSA) is 20.2 Å². The van der Waals surface area contributed by atoms with Crippen molar-refractivity contribution in [1.82, 2.24) is 0 Å². The molecule has 2 rings (SSSR count). The van der Waals surface area contributed by atoms with Crippen molar-refractivity contribution in [3.8, 4) is 0 Å². The summed E-state index contributed by atoms with van der Waals surface area (Å²) in [7, 11) is 0. The molecular formula is C13H16ClF3OS. The smallest absolute Gasteiger partial charge is 0.392 e. The second-order valence-corrected chi connectivity index (χ2v) is 6.87. The molecule has 0 aliphatic heterocycles. The highest BCUT2D eigenvalue weighted by atomic mass is 35.5. The van der Waals surface area contributed by atoms with Gasteiger partial charge in [0.2, 0.25) is 0 Å². The summed E-state index contributed by atoms with van der Waals surface area (Å²) >= 11 is 7.10. The van der Waals surface area contributed by atoms with E-state index in [9.17, 15) is 18.3 Å². The maximum absolute atomic E-state index is 13.0. The third-order valence-electron chi connectivity index (χ3n) is 3.77. The highest BCUT2D eigenvalue weighted by Gasteiger charge is 2.47. The van der Waals surface area contributed by atoms with Crippen LogP contribution in [0.5, 0.6) is 0 Å². The monoisotopic (exact) mass is 312 g/mol. The number of thiophene rings is 1. The van der Waals surface area contributed by atoms with Crippen LogP contribution in [0.25, 0.3) is 0 Å². The summed E-state index contributed by atoms with van der Waals surface area (Å²) in [6.07, 6.45) is -2.95. The van der Waals surface area contributed by atoms with Crippen molar-refractivity contribution in [2.75, 3.05) is 0 Å². The fourth-order valence-corrected chi connectivity index (χ4v) is 3.98. The van der Waals surface area contributed by atoms with Crippen molar-refractivity contribution in [3.63, 3.8) is 0 Å². The molecule has 3 atom stereocenters. The maximum atomic E-state index is 13.0. The summed E-state index contributed by atoms with van der Waals surface area (Å²) in [4.78, 5) is 0.837. The van der Waals surface area contributed by atoms with E-state index in [0.717, 1.165) is 11.3 Å². The average Bonchev–Trinajstić information content (AvgIpc) is 2.73. The van der Waals surface area contributed by atoms with Crippen LogP contribution in [0, 0.1) is 11.8 Å². The van der Waals surface area contributed by atoms with Crippen LogP contribution in [0.4, 0.5) is 13.2 Å². The van der Waals surface area contributed by atoms with Crippen LogP contribution < -0.4 is 0 Å². The molecule has 6 heteroatoms. The SMILES string of the molecule is OC(Cc1ccc(Cl)s1)C1CCCCC1C(F)(F)F. The van der Waals surface area contributed by atoms with E-state index < -0.39 is 24.1 Å². The van der Waals surface area contributed by atoms with Crippen LogP contribution >= 0.6 is 22.9 Å². The Balaban J connectivity index is 2.05. The molecule has 0 aromatic carbocycles. The molecule has 108 valence electrons. The largest absolute Gasteiger partial charge is 0.392 e. The highest BCUT2D eigenvalue weighted by molar-refractivity contribution is 7.16. The summed E-state index contributed by atoms with van der Waals surface area (Å²) < 4.78 is 39.5. The van der Waals surface area contributed by atoms with E-state index in [1.54, 1.807) is 12.1 Å². The van der Waals surface area contributed by atoms with Crippen LogP contribution in [-0.4, -0.2) is 17.4 Å². The Hall–Kier alpha value is -0.260. The molecule has 3 unspecified atom stereocenters. The number of hydrogen-bond acceptors (Lipinski definition) is 2. The molecule has 0 amide bonds. The Labute approximate surface area is 119 Å². The zero-order chi connectivity index (χ0) is 14.0. The first-order chi connectivity index (χ1) is 8.88. The zero-order valence-electron chi connectivity index (χ0n) is 10.3. The number of halogens is 4. The molecule has 1 aliphatic carbocycles.